The Morgan fingerprint density at radius 2 is 2.00 bits per heavy atom. The second-order valence-electron chi connectivity index (χ2n) is 4.35. The van der Waals surface area contributed by atoms with Crippen LogP contribution in [-0.4, -0.2) is 23.6 Å². The number of anilines is 1. The first-order valence-electron chi connectivity index (χ1n) is 5.59. The Bertz CT molecular complexity index is 685. The topological polar surface area (TPSA) is 41.0 Å². The van der Waals surface area contributed by atoms with Crippen molar-refractivity contribution in [2.75, 3.05) is 19.0 Å². The Hall–Kier alpha value is -1.88. The molecule has 0 spiro atoms. The van der Waals surface area contributed by atoms with Gasteiger partial charge in [0.2, 0.25) is 0 Å². The molecule has 0 aliphatic carbocycles. The van der Waals surface area contributed by atoms with E-state index in [0.29, 0.717) is 4.77 Å². The van der Waals surface area contributed by atoms with Crippen molar-refractivity contribution in [3.8, 4) is 5.69 Å². The molecule has 5 heteroatoms. The summed E-state index contributed by atoms with van der Waals surface area (Å²) in [5.74, 6) is 0. The molecule has 0 aliphatic rings. The number of benzene rings is 1. The third kappa shape index (κ3) is 2.36. The summed E-state index contributed by atoms with van der Waals surface area (Å²) in [6.07, 6.45) is 1.69. The van der Waals surface area contributed by atoms with Crippen molar-refractivity contribution in [3.63, 3.8) is 0 Å². The van der Waals surface area contributed by atoms with Crippen LogP contribution < -0.4 is 10.5 Å². The number of nitrogens with one attached hydrogen (secondary N) is 1. The Kier molecular flexibility index (Phi) is 3.34. The van der Waals surface area contributed by atoms with E-state index in [9.17, 15) is 4.79 Å². The summed E-state index contributed by atoms with van der Waals surface area (Å²) in [4.78, 5) is 15.8. The van der Waals surface area contributed by atoms with Crippen molar-refractivity contribution < 1.29 is 0 Å². The SMILES string of the molecule is Cc1ccc(-n2ccc(=O)[nH]c2=S)cc1N(C)C. The Labute approximate surface area is 111 Å². The van der Waals surface area contributed by atoms with Crippen molar-refractivity contribution in [2.24, 2.45) is 0 Å². The normalized spacial score (nSPS) is 10.4. The Morgan fingerprint density at radius 1 is 1.28 bits per heavy atom. The molecule has 0 saturated heterocycles. The highest BCUT2D eigenvalue weighted by Gasteiger charge is 2.04. The highest BCUT2D eigenvalue weighted by molar-refractivity contribution is 7.71. The number of aromatic amines is 1. The summed E-state index contributed by atoms with van der Waals surface area (Å²) in [5.41, 5.74) is 3.07. The fraction of sp³-hybridized carbons (Fsp3) is 0.231. The van der Waals surface area contributed by atoms with Crippen LogP contribution >= 0.6 is 12.2 Å². The lowest BCUT2D eigenvalue weighted by molar-refractivity contribution is 0.934. The van der Waals surface area contributed by atoms with Gasteiger partial charge in [-0.25, -0.2) is 0 Å². The molecular weight excluding hydrogens is 246 g/mol. The van der Waals surface area contributed by atoms with Gasteiger partial charge in [0.05, 0.1) is 0 Å². The van der Waals surface area contributed by atoms with Gasteiger partial charge in [0.25, 0.3) is 5.56 Å². The Morgan fingerprint density at radius 3 is 2.61 bits per heavy atom. The fourth-order valence-corrected chi connectivity index (χ4v) is 2.12. The largest absolute Gasteiger partial charge is 0.377 e. The predicted molar refractivity (Wildman–Crippen MR) is 76.3 cm³/mol. The van der Waals surface area contributed by atoms with Gasteiger partial charge in [0, 0.05) is 37.7 Å². The molecule has 2 rings (SSSR count). The average molecular weight is 261 g/mol. The zero-order chi connectivity index (χ0) is 13.3. The van der Waals surface area contributed by atoms with Gasteiger partial charge in [-0.2, -0.15) is 0 Å². The van der Waals surface area contributed by atoms with E-state index in [4.69, 9.17) is 12.2 Å². The van der Waals surface area contributed by atoms with Crippen LogP contribution in [0, 0.1) is 11.7 Å². The highest BCUT2D eigenvalue weighted by atomic mass is 32.1. The first kappa shape index (κ1) is 12.6. The van der Waals surface area contributed by atoms with E-state index in [1.807, 2.05) is 37.2 Å². The monoisotopic (exact) mass is 261 g/mol. The maximum atomic E-state index is 11.2. The summed E-state index contributed by atoms with van der Waals surface area (Å²) in [6, 6.07) is 7.53. The maximum Gasteiger partial charge on any atom is 0.251 e. The van der Waals surface area contributed by atoms with Crippen LogP contribution in [0.5, 0.6) is 0 Å². The minimum absolute atomic E-state index is 0.184. The van der Waals surface area contributed by atoms with Crippen LogP contribution in [0.1, 0.15) is 5.56 Å². The first-order valence-corrected chi connectivity index (χ1v) is 6.00. The molecular formula is C13H15N3OS. The third-order valence-corrected chi connectivity index (χ3v) is 3.08. The number of nitrogens with zero attached hydrogens (tertiary/aromatic N) is 2. The minimum atomic E-state index is -0.184. The molecule has 1 aromatic heterocycles. The molecule has 0 fully saturated rings. The van der Waals surface area contributed by atoms with Crippen molar-refractivity contribution in [2.45, 2.75) is 6.92 Å². The van der Waals surface area contributed by atoms with Gasteiger partial charge >= 0.3 is 0 Å². The summed E-state index contributed by atoms with van der Waals surface area (Å²) in [5, 5.41) is 0. The molecule has 1 heterocycles. The lowest BCUT2D eigenvalue weighted by Crippen LogP contribution is -2.12. The van der Waals surface area contributed by atoms with E-state index in [0.717, 1.165) is 11.4 Å². The van der Waals surface area contributed by atoms with Crippen LogP contribution in [0.3, 0.4) is 0 Å². The van der Waals surface area contributed by atoms with Crippen molar-refractivity contribution in [1.29, 1.82) is 0 Å². The Balaban J connectivity index is 2.61. The van der Waals surface area contributed by atoms with Gasteiger partial charge in [-0.05, 0) is 36.8 Å². The minimum Gasteiger partial charge on any atom is -0.377 e. The molecule has 0 amide bonds. The number of aryl methyl sites for hydroxylation is 1. The molecule has 94 valence electrons. The number of hydrogen-bond acceptors (Lipinski definition) is 3. The number of hydrogen-bond donors (Lipinski definition) is 1. The molecule has 1 N–H and O–H groups in total. The lowest BCUT2D eigenvalue weighted by atomic mass is 10.1. The van der Waals surface area contributed by atoms with Gasteiger partial charge in [-0.3, -0.25) is 14.3 Å². The van der Waals surface area contributed by atoms with Crippen molar-refractivity contribution in [1.82, 2.24) is 9.55 Å². The maximum absolute atomic E-state index is 11.2. The van der Waals surface area contributed by atoms with Gasteiger partial charge in [-0.1, -0.05) is 6.07 Å². The molecule has 0 aliphatic heterocycles. The zero-order valence-corrected chi connectivity index (χ0v) is 11.4. The van der Waals surface area contributed by atoms with Gasteiger partial charge < -0.3 is 4.90 Å². The van der Waals surface area contributed by atoms with Crippen molar-refractivity contribution >= 4 is 17.9 Å². The van der Waals surface area contributed by atoms with Gasteiger partial charge in [0.15, 0.2) is 4.77 Å². The van der Waals surface area contributed by atoms with Crippen LogP contribution in [0.2, 0.25) is 0 Å². The zero-order valence-electron chi connectivity index (χ0n) is 10.6. The summed E-state index contributed by atoms with van der Waals surface area (Å²) in [6.45, 7) is 2.06. The highest BCUT2D eigenvalue weighted by Crippen LogP contribution is 2.21. The van der Waals surface area contributed by atoms with Crippen LogP contribution in [-0.2, 0) is 0 Å². The number of H-pyrrole nitrogens is 1. The molecule has 0 unspecified atom stereocenters. The van der Waals surface area contributed by atoms with Gasteiger partial charge in [-0.15, -0.1) is 0 Å². The predicted octanol–water partition coefficient (Wildman–Crippen LogP) is 2.27. The standard InChI is InChI=1S/C13H15N3OS/c1-9-4-5-10(8-11(9)15(2)3)16-7-6-12(17)14-13(16)18/h4-8H,1-3H3,(H,14,17,18). The van der Waals surface area contributed by atoms with Crippen LogP contribution in [0.25, 0.3) is 5.69 Å². The molecule has 4 nitrogen and oxygen atoms in total. The van der Waals surface area contributed by atoms with Crippen LogP contribution in [0.4, 0.5) is 5.69 Å². The van der Waals surface area contributed by atoms with E-state index in [2.05, 4.69) is 11.9 Å². The van der Waals surface area contributed by atoms with Crippen LogP contribution in [0.15, 0.2) is 35.3 Å². The molecule has 2 aromatic rings. The summed E-state index contributed by atoms with van der Waals surface area (Å²) >= 11 is 5.16. The molecule has 1 aromatic carbocycles. The fourth-order valence-electron chi connectivity index (χ4n) is 1.85. The second kappa shape index (κ2) is 4.78. The smallest absolute Gasteiger partial charge is 0.251 e. The molecule has 0 atom stereocenters. The van der Waals surface area contributed by atoms with E-state index in [1.165, 1.54) is 11.6 Å². The lowest BCUT2D eigenvalue weighted by Gasteiger charge is -2.17. The van der Waals surface area contributed by atoms with Crippen molar-refractivity contribution in [3.05, 3.63) is 51.2 Å². The molecule has 0 bridgehead atoms. The molecule has 0 saturated carbocycles. The number of rotatable bonds is 2. The van der Waals surface area contributed by atoms with Gasteiger partial charge in [0.1, 0.15) is 0 Å². The van der Waals surface area contributed by atoms with E-state index < -0.39 is 0 Å². The number of aromatic nitrogens is 2. The third-order valence-electron chi connectivity index (χ3n) is 2.78. The molecule has 0 radical (unpaired) electrons. The molecule has 18 heavy (non-hydrogen) atoms. The van der Waals surface area contributed by atoms with E-state index >= 15 is 0 Å². The average Bonchev–Trinajstić information content (AvgIpc) is 2.30. The second-order valence-corrected chi connectivity index (χ2v) is 4.73. The summed E-state index contributed by atoms with van der Waals surface area (Å²) < 4.78 is 2.18. The quantitative estimate of drug-likeness (QED) is 0.843. The van der Waals surface area contributed by atoms with E-state index in [-0.39, 0.29) is 5.56 Å². The van der Waals surface area contributed by atoms with E-state index in [1.54, 1.807) is 10.8 Å². The summed E-state index contributed by atoms with van der Waals surface area (Å²) in [7, 11) is 4.00. The first-order chi connectivity index (χ1) is 8.49.